The third-order valence-corrected chi connectivity index (χ3v) is 3.93. The average molecular weight is 263 g/mol. The number of aliphatic carboxylic acids is 1. The van der Waals surface area contributed by atoms with Gasteiger partial charge in [-0.3, -0.25) is 9.69 Å². The van der Waals surface area contributed by atoms with Crippen LogP contribution in [0.5, 0.6) is 5.75 Å². The minimum atomic E-state index is -0.723. The van der Waals surface area contributed by atoms with E-state index in [0.29, 0.717) is 12.6 Å². The zero-order chi connectivity index (χ0) is 14.0. The molecule has 1 aliphatic rings. The molecule has 4 heteroatoms. The number of para-hydroxylation sites is 1. The summed E-state index contributed by atoms with van der Waals surface area (Å²) in [7, 11) is 1.63. The highest BCUT2D eigenvalue weighted by Crippen LogP contribution is 2.38. The molecule has 1 aliphatic heterocycles. The van der Waals surface area contributed by atoms with Gasteiger partial charge in [0.15, 0.2) is 0 Å². The first kappa shape index (κ1) is 13.9. The van der Waals surface area contributed by atoms with Gasteiger partial charge in [-0.05, 0) is 25.5 Å². The van der Waals surface area contributed by atoms with Crippen LogP contribution in [0.1, 0.15) is 25.3 Å². The molecule has 1 N–H and O–H groups in total. The van der Waals surface area contributed by atoms with Crippen LogP contribution in [0.4, 0.5) is 0 Å². The highest BCUT2D eigenvalue weighted by atomic mass is 16.5. The standard InChI is InChI=1S/C15H21NO3/c1-10(2)16-8-12(13(9-16)15(17)18)11-6-4-5-7-14(11)19-3/h4-7,10,12-13H,8-9H2,1-3H3,(H,17,18)/t12-,13+/m1/s1. The fourth-order valence-corrected chi connectivity index (χ4v) is 2.79. The molecule has 0 aromatic heterocycles. The molecule has 0 saturated carbocycles. The van der Waals surface area contributed by atoms with Crippen LogP contribution >= 0.6 is 0 Å². The molecule has 0 unspecified atom stereocenters. The first-order valence-electron chi connectivity index (χ1n) is 6.64. The summed E-state index contributed by atoms with van der Waals surface area (Å²) in [5, 5.41) is 9.44. The lowest BCUT2D eigenvalue weighted by atomic mass is 9.88. The molecule has 2 atom stereocenters. The number of benzene rings is 1. The van der Waals surface area contributed by atoms with Crippen LogP contribution in [0.15, 0.2) is 24.3 Å². The van der Waals surface area contributed by atoms with E-state index in [-0.39, 0.29) is 11.8 Å². The summed E-state index contributed by atoms with van der Waals surface area (Å²) < 4.78 is 5.37. The molecule has 1 aromatic rings. The Morgan fingerprint density at radius 1 is 1.37 bits per heavy atom. The summed E-state index contributed by atoms with van der Waals surface area (Å²) in [6.45, 7) is 5.58. The average Bonchev–Trinajstić information content (AvgIpc) is 2.83. The van der Waals surface area contributed by atoms with E-state index in [1.165, 1.54) is 0 Å². The summed E-state index contributed by atoms with van der Waals surface area (Å²) in [6.07, 6.45) is 0. The summed E-state index contributed by atoms with van der Waals surface area (Å²) in [5.41, 5.74) is 1.00. The topological polar surface area (TPSA) is 49.8 Å². The second-order valence-corrected chi connectivity index (χ2v) is 5.34. The Balaban J connectivity index is 2.33. The monoisotopic (exact) mass is 263 g/mol. The number of likely N-dealkylation sites (tertiary alicyclic amines) is 1. The van der Waals surface area contributed by atoms with Gasteiger partial charge in [0.25, 0.3) is 0 Å². The van der Waals surface area contributed by atoms with E-state index in [1.54, 1.807) is 7.11 Å². The van der Waals surface area contributed by atoms with Crippen molar-refractivity contribution in [3.05, 3.63) is 29.8 Å². The lowest BCUT2D eigenvalue weighted by molar-refractivity contribution is -0.141. The fraction of sp³-hybridized carbons (Fsp3) is 0.533. The van der Waals surface area contributed by atoms with Gasteiger partial charge >= 0.3 is 5.97 Å². The van der Waals surface area contributed by atoms with E-state index in [1.807, 2.05) is 24.3 Å². The molecule has 2 rings (SSSR count). The number of carbonyl (C=O) groups is 1. The van der Waals surface area contributed by atoms with Crippen LogP contribution in [0.25, 0.3) is 0 Å². The molecule has 1 fully saturated rings. The van der Waals surface area contributed by atoms with Crippen molar-refractivity contribution in [3.63, 3.8) is 0 Å². The summed E-state index contributed by atoms with van der Waals surface area (Å²) in [6, 6.07) is 8.08. The predicted molar refractivity (Wildman–Crippen MR) is 73.6 cm³/mol. The Morgan fingerprint density at radius 2 is 2.05 bits per heavy atom. The Hall–Kier alpha value is -1.55. The zero-order valence-electron chi connectivity index (χ0n) is 11.7. The molecule has 19 heavy (non-hydrogen) atoms. The van der Waals surface area contributed by atoms with Crippen molar-refractivity contribution in [1.82, 2.24) is 4.90 Å². The van der Waals surface area contributed by atoms with E-state index in [4.69, 9.17) is 4.74 Å². The van der Waals surface area contributed by atoms with Crippen molar-refractivity contribution in [3.8, 4) is 5.75 Å². The number of ether oxygens (including phenoxy) is 1. The van der Waals surface area contributed by atoms with Gasteiger partial charge in [-0.2, -0.15) is 0 Å². The van der Waals surface area contributed by atoms with Crippen LogP contribution in [0.2, 0.25) is 0 Å². The summed E-state index contributed by atoms with van der Waals surface area (Å²) in [4.78, 5) is 13.7. The van der Waals surface area contributed by atoms with Crippen molar-refractivity contribution < 1.29 is 14.6 Å². The number of carboxylic acids is 1. The lowest BCUT2D eigenvalue weighted by Gasteiger charge is -2.20. The van der Waals surface area contributed by atoms with E-state index in [2.05, 4.69) is 18.7 Å². The Kier molecular flexibility index (Phi) is 4.10. The summed E-state index contributed by atoms with van der Waals surface area (Å²) >= 11 is 0. The molecule has 0 radical (unpaired) electrons. The van der Waals surface area contributed by atoms with Gasteiger partial charge in [-0.1, -0.05) is 18.2 Å². The van der Waals surface area contributed by atoms with Crippen LogP contribution in [0, 0.1) is 5.92 Å². The molecule has 104 valence electrons. The number of hydrogen-bond donors (Lipinski definition) is 1. The van der Waals surface area contributed by atoms with Crippen molar-refractivity contribution in [1.29, 1.82) is 0 Å². The maximum atomic E-state index is 11.5. The molecular formula is C15H21NO3. The largest absolute Gasteiger partial charge is 0.496 e. The predicted octanol–water partition coefficient (Wildman–Crippen LogP) is 2.20. The van der Waals surface area contributed by atoms with Gasteiger partial charge in [0.2, 0.25) is 0 Å². The van der Waals surface area contributed by atoms with Gasteiger partial charge < -0.3 is 9.84 Å². The van der Waals surface area contributed by atoms with E-state index in [9.17, 15) is 9.90 Å². The second kappa shape index (κ2) is 5.61. The molecule has 1 saturated heterocycles. The van der Waals surface area contributed by atoms with Gasteiger partial charge in [0.05, 0.1) is 13.0 Å². The van der Waals surface area contributed by atoms with Gasteiger partial charge in [-0.25, -0.2) is 0 Å². The maximum Gasteiger partial charge on any atom is 0.308 e. The minimum Gasteiger partial charge on any atom is -0.496 e. The lowest BCUT2D eigenvalue weighted by Crippen LogP contribution is -2.29. The van der Waals surface area contributed by atoms with Gasteiger partial charge in [-0.15, -0.1) is 0 Å². The molecule has 0 amide bonds. The van der Waals surface area contributed by atoms with E-state index < -0.39 is 5.97 Å². The molecule has 1 heterocycles. The van der Waals surface area contributed by atoms with Crippen LogP contribution < -0.4 is 4.74 Å². The number of rotatable bonds is 4. The number of hydrogen-bond acceptors (Lipinski definition) is 3. The normalized spacial score (nSPS) is 23.8. The van der Waals surface area contributed by atoms with Crippen LogP contribution in [-0.4, -0.2) is 42.2 Å². The SMILES string of the molecule is COc1ccccc1[C@H]1CN(C(C)C)C[C@@H]1C(=O)O. The highest BCUT2D eigenvalue weighted by molar-refractivity contribution is 5.72. The Morgan fingerprint density at radius 3 is 2.63 bits per heavy atom. The Labute approximate surface area is 114 Å². The van der Waals surface area contributed by atoms with Crippen molar-refractivity contribution >= 4 is 5.97 Å². The molecule has 0 spiro atoms. The third kappa shape index (κ3) is 2.73. The molecular weight excluding hydrogens is 242 g/mol. The highest BCUT2D eigenvalue weighted by Gasteiger charge is 2.40. The maximum absolute atomic E-state index is 11.5. The smallest absolute Gasteiger partial charge is 0.308 e. The third-order valence-electron chi connectivity index (χ3n) is 3.93. The molecule has 0 aliphatic carbocycles. The molecule has 4 nitrogen and oxygen atoms in total. The fourth-order valence-electron chi connectivity index (χ4n) is 2.79. The van der Waals surface area contributed by atoms with Gasteiger partial charge in [0, 0.05) is 25.0 Å². The quantitative estimate of drug-likeness (QED) is 0.904. The number of nitrogens with zero attached hydrogens (tertiary/aromatic N) is 1. The summed E-state index contributed by atoms with van der Waals surface area (Å²) in [5.74, 6) is -0.307. The van der Waals surface area contributed by atoms with Crippen LogP contribution in [-0.2, 0) is 4.79 Å². The Bertz CT molecular complexity index is 458. The van der Waals surface area contributed by atoms with Crippen molar-refractivity contribution in [2.75, 3.05) is 20.2 Å². The van der Waals surface area contributed by atoms with Crippen molar-refractivity contribution in [2.45, 2.75) is 25.8 Å². The van der Waals surface area contributed by atoms with Gasteiger partial charge in [0.1, 0.15) is 5.75 Å². The van der Waals surface area contributed by atoms with E-state index in [0.717, 1.165) is 17.9 Å². The zero-order valence-corrected chi connectivity index (χ0v) is 11.7. The van der Waals surface area contributed by atoms with E-state index >= 15 is 0 Å². The van der Waals surface area contributed by atoms with Crippen LogP contribution in [0.3, 0.4) is 0 Å². The molecule has 0 bridgehead atoms. The first-order valence-corrected chi connectivity index (χ1v) is 6.64. The molecule has 1 aromatic carbocycles. The number of methoxy groups -OCH3 is 1. The number of carboxylic acid groups (broad SMARTS) is 1. The van der Waals surface area contributed by atoms with Crippen molar-refractivity contribution in [2.24, 2.45) is 5.92 Å². The second-order valence-electron chi connectivity index (χ2n) is 5.34. The first-order chi connectivity index (χ1) is 9.04. The minimum absolute atomic E-state index is 0.00366.